The summed E-state index contributed by atoms with van der Waals surface area (Å²) in [4.78, 5) is 31.0. The van der Waals surface area contributed by atoms with Crippen LogP contribution in [0.25, 0.3) is 0 Å². The lowest BCUT2D eigenvalue weighted by atomic mass is 10.0. The van der Waals surface area contributed by atoms with Crippen molar-refractivity contribution in [2.24, 2.45) is 5.92 Å². The zero-order chi connectivity index (χ0) is 17.0. The summed E-state index contributed by atoms with van der Waals surface area (Å²) >= 11 is 0. The van der Waals surface area contributed by atoms with E-state index in [0.717, 1.165) is 0 Å². The molecule has 0 spiro atoms. The van der Waals surface area contributed by atoms with Crippen LogP contribution in [-0.4, -0.2) is 41.2 Å². The second kappa shape index (κ2) is 12.3. The van der Waals surface area contributed by atoms with Crippen LogP contribution < -0.4 is 5.32 Å². The Morgan fingerprint density at radius 3 is 2.50 bits per heavy atom. The maximum atomic E-state index is 11.3. The lowest BCUT2D eigenvalue weighted by Gasteiger charge is -2.15. The fourth-order valence-electron chi connectivity index (χ4n) is 1.59. The first-order chi connectivity index (χ1) is 10.3. The van der Waals surface area contributed by atoms with Crippen molar-refractivity contribution in [3.63, 3.8) is 0 Å². The van der Waals surface area contributed by atoms with Gasteiger partial charge in [0.2, 0.25) is 6.79 Å². The number of aliphatic hydroxyl groups is 1. The average molecular weight is 338 g/mol. The maximum Gasteiger partial charge on any atom is 0.505 e. The van der Waals surface area contributed by atoms with Crippen LogP contribution in [0.3, 0.4) is 0 Å². The molecule has 0 aliphatic carbocycles. The van der Waals surface area contributed by atoms with E-state index in [1.807, 2.05) is 13.8 Å². The normalized spacial score (nSPS) is 13.9. The first kappa shape index (κ1) is 20.8. The minimum atomic E-state index is -2.13. The van der Waals surface area contributed by atoms with Gasteiger partial charge in [-0.1, -0.05) is 13.8 Å². The molecule has 8 nitrogen and oxygen atoms in total. The Kier molecular flexibility index (Phi) is 11.6. The number of amides is 1. The van der Waals surface area contributed by atoms with Crippen molar-refractivity contribution in [2.75, 3.05) is 13.0 Å². The highest BCUT2D eigenvalue weighted by atomic mass is 31.1. The second-order valence-corrected chi connectivity index (χ2v) is 6.17. The molecule has 1 amide bonds. The quantitative estimate of drug-likeness (QED) is 0.298. The largest absolute Gasteiger partial charge is 0.505 e. The van der Waals surface area contributed by atoms with Gasteiger partial charge in [-0.05, 0) is 36.2 Å². The van der Waals surface area contributed by atoms with Crippen molar-refractivity contribution < 1.29 is 33.6 Å². The molecule has 0 aromatic heterocycles. The monoisotopic (exact) mass is 338 g/mol. The molecular weight excluding hydrogens is 313 g/mol. The highest BCUT2D eigenvalue weighted by molar-refractivity contribution is 7.37. The van der Waals surface area contributed by atoms with Crippen LogP contribution in [0.1, 0.15) is 46.0 Å². The lowest BCUT2D eigenvalue weighted by Crippen LogP contribution is -2.35. The van der Waals surface area contributed by atoms with E-state index in [2.05, 4.69) is 14.8 Å². The van der Waals surface area contributed by atoms with Crippen molar-refractivity contribution in [2.45, 2.75) is 52.2 Å². The number of esters is 1. The fraction of sp³-hybridized carbons (Fsp3) is 0.846. The van der Waals surface area contributed by atoms with Gasteiger partial charge in [0.05, 0.1) is 0 Å². The van der Waals surface area contributed by atoms with E-state index in [4.69, 9.17) is 4.89 Å². The van der Waals surface area contributed by atoms with Crippen molar-refractivity contribution in [1.82, 2.24) is 5.32 Å². The van der Waals surface area contributed by atoms with Gasteiger partial charge < -0.3 is 14.6 Å². The van der Waals surface area contributed by atoms with Gasteiger partial charge in [-0.25, -0.2) is 4.79 Å². The van der Waals surface area contributed by atoms with E-state index in [0.29, 0.717) is 25.7 Å². The Balaban J connectivity index is 3.73. The first-order valence-corrected chi connectivity index (χ1v) is 8.65. The molecule has 3 atom stereocenters. The van der Waals surface area contributed by atoms with E-state index in [1.54, 1.807) is 0 Å². The smallest absolute Gasteiger partial charge is 0.428 e. The van der Waals surface area contributed by atoms with Gasteiger partial charge in [-0.2, -0.15) is 4.89 Å². The molecule has 0 bridgehead atoms. The summed E-state index contributed by atoms with van der Waals surface area (Å²) in [6, 6.07) is 0. The van der Waals surface area contributed by atoms with E-state index >= 15 is 0 Å². The summed E-state index contributed by atoms with van der Waals surface area (Å²) in [6.07, 6.45) is 0.648. The molecule has 0 fully saturated rings. The third-order valence-electron chi connectivity index (χ3n) is 2.89. The molecule has 0 aliphatic rings. The van der Waals surface area contributed by atoms with Crippen molar-refractivity contribution in [1.29, 1.82) is 0 Å². The van der Waals surface area contributed by atoms with Crippen LogP contribution in [-0.2, 0) is 18.8 Å². The number of carbonyl (C=O) groups excluding carboxylic acids is 2. The topological polar surface area (TPSA) is 122 Å². The Bertz CT molecular complexity index is 364. The number of hydrogen-bond acceptors (Lipinski definition) is 6. The number of aliphatic hydroxyl groups excluding tert-OH is 1. The Morgan fingerprint density at radius 2 is 1.91 bits per heavy atom. The van der Waals surface area contributed by atoms with E-state index < -0.39 is 33.1 Å². The Hall–Kier alpha value is -1.24. The molecule has 9 heteroatoms. The summed E-state index contributed by atoms with van der Waals surface area (Å²) in [5.74, 6) is -0.291. The number of hydrogen-bond donors (Lipinski definition) is 3. The Labute approximate surface area is 131 Å². The number of ether oxygens (including phenoxy) is 2. The molecule has 3 unspecified atom stereocenters. The predicted octanol–water partition coefficient (Wildman–Crippen LogP) is 1.87. The first-order valence-electron chi connectivity index (χ1n) is 7.25. The number of carbonyl (C=O) groups is 2. The molecule has 0 radical (unpaired) electrons. The third-order valence-corrected chi connectivity index (χ3v) is 3.54. The van der Waals surface area contributed by atoms with Gasteiger partial charge in [0, 0.05) is 6.42 Å². The van der Waals surface area contributed by atoms with Crippen molar-refractivity contribution in [3.05, 3.63) is 0 Å². The van der Waals surface area contributed by atoms with Crippen LogP contribution >= 0.6 is 8.03 Å². The summed E-state index contributed by atoms with van der Waals surface area (Å²) < 4.78 is 19.8. The van der Waals surface area contributed by atoms with Crippen LogP contribution in [0.2, 0.25) is 0 Å². The van der Waals surface area contributed by atoms with Gasteiger partial charge in [0.15, 0.2) is 6.16 Å². The summed E-state index contributed by atoms with van der Waals surface area (Å²) in [5.41, 5.74) is 0. The molecule has 0 aromatic rings. The maximum absolute atomic E-state index is 11.3. The van der Waals surface area contributed by atoms with Crippen LogP contribution in [0, 0.1) is 5.92 Å². The highest BCUT2D eigenvalue weighted by Crippen LogP contribution is 2.20. The van der Waals surface area contributed by atoms with Gasteiger partial charge in [-0.15, -0.1) is 0 Å². The van der Waals surface area contributed by atoms with E-state index in [-0.39, 0.29) is 18.5 Å². The predicted molar refractivity (Wildman–Crippen MR) is 79.2 cm³/mol. The van der Waals surface area contributed by atoms with Crippen molar-refractivity contribution >= 4 is 20.1 Å². The zero-order valence-corrected chi connectivity index (χ0v) is 13.9. The van der Waals surface area contributed by atoms with Crippen LogP contribution in [0.5, 0.6) is 0 Å². The van der Waals surface area contributed by atoms with Gasteiger partial charge in [0.25, 0.3) is 0 Å². The summed E-state index contributed by atoms with van der Waals surface area (Å²) in [6.45, 7) is 3.24. The highest BCUT2D eigenvalue weighted by Gasteiger charge is 2.16. The van der Waals surface area contributed by atoms with Gasteiger partial charge in [0.1, 0.15) is 6.23 Å². The second-order valence-electron chi connectivity index (χ2n) is 5.02. The fourth-order valence-corrected chi connectivity index (χ4v) is 2.25. The van der Waals surface area contributed by atoms with Crippen molar-refractivity contribution in [3.8, 4) is 0 Å². The SMILES string of the molecule is CCCC(=O)OCOC(=O)NC(O)CCC(C)CC[P+](=O)O. The summed E-state index contributed by atoms with van der Waals surface area (Å²) in [7, 11) is -2.13. The van der Waals surface area contributed by atoms with Crippen LogP contribution in [0.4, 0.5) is 4.79 Å². The molecule has 0 rings (SSSR count). The molecule has 0 saturated heterocycles. The number of nitrogens with one attached hydrogen (secondary N) is 1. The van der Waals surface area contributed by atoms with Crippen LogP contribution in [0.15, 0.2) is 0 Å². The standard InChI is InChI=1S/C13H24NO7P/c1-3-4-12(16)20-9-21-13(17)14-11(15)6-5-10(2)7-8-22(18)19/h10-11,15H,3-9H2,1-2H3,(H-,14,17,18,19)/p+1. The molecule has 22 heavy (non-hydrogen) atoms. The molecule has 0 saturated carbocycles. The zero-order valence-electron chi connectivity index (χ0n) is 13.0. The lowest BCUT2D eigenvalue weighted by molar-refractivity contribution is -0.151. The molecule has 0 aromatic carbocycles. The van der Waals surface area contributed by atoms with E-state index in [1.165, 1.54) is 0 Å². The molecule has 0 aliphatic heterocycles. The third kappa shape index (κ3) is 12.5. The number of rotatable bonds is 11. The molecule has 3 N–H and O–H groups in total. The van der Waals surface area contributed by atoms with Gasteiger partial charge >= 0.3 is 20.1 Å². The average Bonchev–Trinajstić information content (AvgIpc) is 2.43. The molecular formula is C13H25NO7P+. The summed E-state index contributed by atoms with van der Waals surface area (Å²) in [5, 5.41) is 11.8. The number of alkyl carbamates (subject to hydrolysis) is 1. The molecule has 0 heterocycles. The minimum absolute atomic E-state index is 0.161. The minimum Gasteiger partial charge on any atom is -0.428 e. The Morgan fingerprint density at radius 1 is 1.23 bits per heavy atom. The molecule has 128 valence electrons. The van der Waals surface area contributed by atoms with Gasteiger partial charge in [-0.3, -0.25) is 10.1 Å². The van der Waals surface area contributed by atoms with E-state index in [9.17, 15) is 19.3 Å².